The Kier molecular flexibility index (Phi) is 6.62. The first-order chi connectivity index (χ1) is 12.7. The number of benzene rings is 1. The average Bonchev–Trinajstić information content (AvgIpc) is 2.65. The molecule has 0 aliphatic heterocycles. The molecule has 1 atom stereocenters. The van der Waals surface area contributed by atoms with Crippen LogP contribution in [0.15, 0.2) is 18.2 Å². The molecule has 1 aromatic heterocycles. The number of anilines is 1. The smallest absolute Gasteiger partial charge is 0.262 e. The van der Waals surface area contributed by atoms with Crippen LogP contribution in [0.3, 0.4) is 0 Å². The fourth-order valence-corrected chi connectivity index (χ4v) is 2.64. The molecule has 9 nitrogen and oxygen atoms in total. The Morgan fingerprint density at radius 3 is 2.74 bits per heavy atom. The molecule has 146 valence electrons. The van der Waals surface area contributed by atoms with Crippen molar-refractivity contribution in [3.8, 4) is 0 Å². The summed E-state index contributed by atoms with van der Waals surface area (Å²) in [5, 5.41) is 18.0. The lowest BCUT2D eigenvalue weighted by Crippen LogP contribution is -2.42. The molecule has 0 bridgehead atoms. The number of carbonyl (C=O) groups excluding carboxylic acids is 2. The first kappa shape index (κ1) is 20.5. The van der Waals surface area contributed by atoms with Crippen molar-refractivity contribution < 1.29 is 14.8 Å². The van der Waals surface area contributed by atoms with Gasteiger partial charge in [0, 0.05) is 0 Å². The molecule has 0 saturated heterocycles. The summed E-state index contributed by atoms with van der Waals surface area (Å²) in [6, 6.07) is 5.61. The van der Waals surface area contributed by atoms with Crippen molar-refractivity contribution in [3.63, 3.8) is 0 Å². The number of aromatic nitrogens is 3. The molecule has 1 aromatic carbocycles. The molecule has 0 unspecified atom stereocenters. The van der Waals surface area contributed by atoms with Gasteiger partial charge in [-0.1, -0.05) is 33.3 Å². The minimum atomic E-state index is -0.598. The van der Waals surface area contributed by atoms with Crippen molar-refractivity contribution in [1.29, 1.82) is 0 Å². The van der Waals surface area contributed by atoms with Gasteiger partial charge in [0.05, 0.1) is 18.0 Å². The van der Waals surface area contributed by atoms with Gasteiger partial charge in [-0.25, -0.2) is 10.0 Å². The number of aryl methyl sites for hydroxylation is 1. The van der Waals surface area contributed by atoms with E-state index >= 15 is 0 Å². The third-order valence-electron chi connectivity index (χ3n) is 4.56. The lowest BCUT2D eigenvalue weighted by atomic mass is 9.80. The van der Waals surface area contributed by atoms with Gasteiger partial charge in [0.2, 0.25) is 12.3 Å². The number of carbonyl (C=O) groups is 2. The third-order valence-corrected chi connectivity index (χ3v) is 4.56. The molecular weight excluding hydrogens is 348 g/mol. The molecule has 27 heavy (non-hydrogen) atoms. The minimum Gasteiger partial charge on any atom is -0.286 e. The summed E-state index contributed by atoms with van der Waals surface area (Å²) in [7, 11) is 0. The van der Waals surface area contributed by atoms with E-state index in [2.05, 4.69) is 26.0 Å². The van der Waals surface area contributed by atoms with Crippen LogP contribution in [0.4, 0.5) is 5.95 Å². The Bertz CT molecular complexity index is 811. The van der Waals surface area contributed by atoms with E-state index in [1.54, 1.807) is 0 Å². The second kappa shape index (κ2) is 8.72. The minimum absolute atomic E-state index is 0.101. The van der Waals surface area contributed by atoms with Crippen LogP contribution in [-0.4, -0.2) is 44.3 Å². The van der Waals surface area contributed by atoms with Crippen LogP contribution in [0.2, 0.25) is 0 Å². The normalized spacial score (nSPS) is 12.5. The monoisotopic (exact) mass is 374 g/mol. The first-order valence-electron chi connectivity index (χ1n) is 8.82. The fraction of sp³-hybridized carbons (Fsp3) is 0.500. The zero-order chi connectivity index (χ0) is 20.0. The van der Waals surface area contributed by atoms with E-state index in [9.17, 15) is 14.8 Å². The van der Waals surface area contributed by atoms with Crippen LogP contribution in [-0.2, 0) is 9.59 Å². The highest BCUT2D eigenvalue weighted by Crippen LogP contribution is 2.29. The number of hydrogen-bond acceptors (Lipinski definition) is 7. The maximum absolute atomic E-state index is 12.6. The number of hydroxylamine groups is 2. The van der Waals surface area contributed by atoms with Crippen molar-refractivity contribution in [2.24, 2.45) is 11.3 Å². The van der Waals surface area contributed by atoms with Crippen molar-refractivity contribution in [3.05, 3.63) is 23.8 Å². The lowest BCUT2D eigenvalue weighted by Gasteiger charge is -2.29. The van der Waals surface area contributed by atoms with E-state index < -0.39 is 5.92 Å². The summed E-state index contributed by atoms with van der Waals surface area (Å²) in [4.78, 5) is 27.6. The fourth-order valence-electron chi connectivity index (χ4n) is 2.64. The maximum atomic E-state index is 12.6. The predicted molar refractivity (Wildman–Crippen MR) is 101 cm³/mol. The summed E-state index contributed by atoms with van der Waals surface area (Å²) >= 11 is 0. The van der Waals surface area contributed by atoms with Crippen LogP contribution in [0, 0.1) is 18.3 Å². The second-order valence-corrected chi connectivity index (χ2v) is 7.39. The highest BCUT2D eigenvalue weighted by atomic mass is 16.5. The molecule has 2 aromatic rings. The molecule has 2 amide bonds. The van der Waals surface area contributed by atoms with Gasteiger partial charge in [0.1, 0.15) is 5.52 Å². The highest BCUT2D eigenvalue weighted by molar-refractivity contribution is 5.80. The molecular formula is C18H26N6O3. The summed E-state index contributed by atoms with van der Waals surface area (Å²) in [5.41, 5.74) is 7.45. The molecule has 0 saturated carbocycles. The summed E-state index contributed by atoms with van der Waals surface area (Å²) < 4.78 is 0. The van der Waals surface area contributed by atoms with E-state index in [4.69, 9.17) is 0 Å². The second-order valence-electron chi connectivity index (χ2n) is 7.39. The van der Waals surface area contributed by atoms with Crippen LogP contribution in [0.1, 0.15) is 39.2 Å². The molecule has 0 aliphatic carbocycles. The zero-order valence-corrected chi connectivity index (χ0v) is 16.1. The van der Waals surface area contributed by atoms with Gasteiger partial charge >= 0.3 is 0 Å². The standard InChI is InChI=1S/C18H26N6O3/c1-5-18(3,4)9-13(10-24(27)11-25)16(26)21-23-17-19-14-7-6-12(2)8-15(14)20-22-17/h6-8,11,13,27H,5,9-10H2,1-4H3,(H,21,26)(H,19,22,23)/t13-/m1/s1. The van der Waals surface area contributed by atoms with Crippen molar-refractivity contribution >= 4 is 29.3 Å². The van der Waals surface area contributed by atoms with Gasteiger partial charge in [0.15, 0.2) is 0 Å². The van der Waals surface area contributed by atoms with E-state index in [1.165, 1.54) is 0 Å². The van der Waals surface area contributed by atoms with Gasteiger partial charge in [-0.05, 0) is 36.5 Å². The highest BCUT2D eigenvalue weighted by Gasteiger charge is 2.28. The first-order valence-corrected chi connectivity index (χ1v) is 8.82. The molecule has 3 N–H and O–H groups in total. The van der Waals surface area contributed by atoms with E-state index in [0.717, 1.165) is 12.0 Å². The van der Waals surface area contributed by atoms with E-state index in [0.29, 0.717) is 22.5 Å². The van der Waals surface area contributed by atoms with Crippen LogP contribution in [0.5, 0.6) is 0 Å². The van der Waals surface area contributed by atoms with Crippen LogP contribution < -0.4 is 10.9 Å². The number of rotatable bonds is 9. The Labute approximate surface area is 158 Å². The van der Waals surface area contributed by atoms with Gasteiger partial charge < -0.3 is 0 Å². The third kappa shape index (κ3) is 5.85. The van der Waals surface area contributed by atoms with Gasteiger partial charge in [-0.3, -0.25) is 25.6 Å². The summed E-state index contributed by atoms with van der Waals surface area (Å²) in [6.07, 6.45) is 1.64. The predicted octanol–water partition coefficient (Wildman–Crippen LogP) is 2.07. The van der Waals surface area contributed by atoms with Gasteiger partial charge in [-0.15, -0.1) is 10.2 Å². The van der Waals surface area contributed by atoms with E-state index in [1.807, 2.05) is 45.9 Å². The topological polar surface area (TPSA) is 120 Å². The Morgan fingerprint density at radius 2 is 2.07 bits per heavy atom. The largest absolute Gasteiger partial charge is 0.286 e. The number of hydrazine groups is 1. The molecule has 0 spiro atoms. The van der Waals surface area contributed by atoms with Crippen molar-refractivity contribution in [2.75, 3.05) is 12.0 Å². The molecule has 2 rings (SSSR count). The van der Waals surface area contributed by atoms with Crippen LogP contribution >= 0.6 is 0 Å². The molecule has 1 heterocycles. The number of nitrogens with zero attached hydrogens (tertiary/aromatic N) is 4. The summed E-state index contributed by atoms with van der Waals surface area (Å²) in [6.45, 7) is 7.94. The Balaban J connectivity index is 2.07. The van der Waals surface area contributed by atoms with E-state index in [-0.39, 0.29) is 30.2 Å². The summed E-state index contributed by atoms with van der Waals surface area (Å²) in [5.74, 6) is -0.812. The number of fused-ring (bicyclic) bond motifs is 1. The molecule has 0 fully saturated rings. The Hall–Kier alpha value is -2.81. The molecule has 0 radical (unpaired) electrons. The van der Waals surface area contributed by atoms with Crippen molar-refractivity contribution in [2.45, 2.75) is 40.5 Å². The van der Waals surface area contributed by atoms with Gasteiger partial charge in [-0.2, -0.15) is 0 Å². The maximum Gasteiger partial charge on any atom is 0.262 e. The number of hydrogen-bond donors (Lipinski definition) is 3. The quantitative estimate of drug-likeness (QED) is 0.349. The van der Waals surface area contributed by atoms with Crippen molar-refractivity contribution in [1.82, 2.24) is 25.7 Å². The molecule has 0 aliphatic rings. The Morgan fingerprint density at radius 1 is 1.33 bits per heavy atom. The van der Waals surface area contributed by atoms with Gasteiger partial charge in [0.25, 0.3) is 5.95 Å². The average molecular weight is 374 g/mol. The zero-order valence-electron chi connectivity index (χ0n) is 16.1. The SMILES string of the molecule is CCC(C)(C)C[C@H](CN(O)C=O)C(=O)NNc1nnc2cc(C)ccc2n1. The molecule has 9 heteroatoms. The number of nitrogens with one attached hydrogen (secondary N) is 2. The number of amides is 2. The lowest BCUT2D eigenvalue weighted by molar-refractivity contribution is -0.155. The van der Waals surface area contributed by atoms with Crippen LogP contribution in [0.25, 0.3) is 11.0 Å².